The highest BCUT2D eigenvalue weighted by atomic mass is 35.5. The zero-order chi connectivity index (χ0) is 28.1. The van der Waals surface area contributed by atoms with Crippen molar-refractivity contribution in [3.8, 4) is 28.3 Å². The Bertz CT molecular complexity index is 1610. The Morgan fingerprint density at radius 2 is 1.93 bits per heavy atom. The maximum atomic E-state index is 12.8. The second-order valence-electron chi connectivity index (χ2n) is 9.88. The molecule has 5 rings (SSSR count). The second-order valence-corrected chi connectivity index (χ2v) is 10.3. The van der Waals surface area contributed by atoms with Crippen molar-refractivity contribution in [1.29, 1.82) is 5.26 Å². The summed E-state index contributed by atoms with van der Waals surface area (Å²) in [4.78, 5) is 29.5. The molecule has 0 aliphatic carbocycles. The number of rotatable bonds is 4. The second kappa shape index (κ2) is 12.1. The summed E-state index contributed by atoms with van der Waals surface area (Å²) < 4.78 is 4.82. The van der Waals surface area contributed by atoms with Crippen LogP contribution in [0, 0.1) is 11.3 Å². The zero-order valence-electron chi connectivity index (χ0n) is 22.1. The van der Waals surface area contributed by atoms with E-state index in [1.165, 1.54) is 7.11 Å². The van der Waals surface area contributed by atoms with Crippen molar-refractivity contribution in [3.63, 3.8) is 0 Å². The smallest absolute Gasteiger partial charge is 0.309 e. The highest BCUT2D eigenvalue weighted by Gasteiger charge is 2.20. The summed E-state index contributed by atoms with van der Waals surface area (Å²) in [5.74, 6) is -0.350. The number of aromatic nitrogens is 1. The number of methoxy groups -OCH3 is 1. The van der Waals surface area contributed by atoms with E-state index < -0.39 is 0 Å². The number of hydrogen-bond donors (Lipinski definition) is 1. The third-order valence-electron chi connectivity index (χ3n) is 7.24. The number of carbonyl (C=O) groups is 2. The summed E-state index contributed by atoms with van der Waals surface area (Å²) in [5, 5.41) is 13.2. The quantitative estimate of drug-likeness (QED) is 0.270. The van der Waals surface area contributed by atoms with E-state index in [0.29, 0.717) is 22.7 Å². The van der Waals surface area contributed by atoms with Crippen molar-refractivity contribution in [2.75, 3.05) is 12.4 Å². The van der Waals surface area contributed by atoms with E-state index in [-0.39, 0.29) is 24.2 Å². The van der Waals surface area contributed by atoms with Crippen LogP contribution in [0.1, 0.15) is 54.0 Å². The lowest BCUT2D eigenvalue weighted by Gasteiger charge is -2.21. The largest absolute Gasteiger partial charge is 0.469 e. The Kier molecular flexibility index (Phi) is 8.23. The number of amides is 1. The van der Waals surface area contributed by atoms with Gasteiger partial charge in [0.2, 0.25) is 5.91 Å². The van der Waals surface area contributed by atoms with Crippen LogP contribution in [0.5, 0.6) is 0 Å². The van der Waals surface area contributed by atoms with E-state index in [1.54, 1.807) is 24.4 Å². The number of fused-ring (bicyclic) bond motifs is 4. The van der Waals surface area contributed by atoms with Gasteiger partial charge in [0.15, 0.2) is 0 Å². The first kappa shape index (κ1) is 27.1. The molecule has 0 saturated heterocycles. The Morgan fingerprint density at radius 3 is 2.70 bits per heavy atom. The monoisotopic (exact) mass is 549 g/mol. The molecule has 1 amide bonds. The van der Waals surface area contributed by atoms with Gasteiger partial charge in [0, 0.05) is 51.6 Å². The Balaban J connectivity index is 1.53. The minimum absolute atomic E-state index is 0.0355. The highest BCUT2D eigenvalue weighted by molar-refractivity contribution is 6.30. The average molecular weight is 550 g/mol. The normalized spacial score (nSPS) is 15.0. The number of hydrogen-bond acceptors (Lipinski definition) is 5. The molecule has 2 heterocycles. The van der Waals surface area contributed by atoms with Gasteiger partial charge in [-0.3, -0.25) is 14.6 Å². The molecule has 0 radical (unpaired) electrons. The Morgan fingerprint density at radius 1 is 1.05 bits per heavy atom. The van der Waals surface area contributed by atoms with Crippen LogP contribution < -0.4 is 5.32 Å². The lowest BCUT2D eigenvalue weighted by atomic mass is 9.87. The molecular weight excluding hydrogens is 522 g/mol. The number of halogens is 1. The number of carbonyl (C=O) groups excluding carboxylic acids is 2. The van der Waals surface area contributed by atoms with Crippen LogP contribution in [0.2, 0.25) is 5.02 Å². The van der Waals surface area contributed by atoms with Crippen LogP contribution in [0.15, 0.2) is 79.0 Å². The number of nitrogens with zero attached hydrogens (tertiary/aromatic N) is 2. The molecule has 0 spiro atoms. The van der Waals surface area contributed by atoms with Gasteiger partial charge in [0.05, 0.1) is 25.2 Å². The van der Waals surface area contributed by atoms with Gasteiger partial charge in [-0.05, 0) is 59.9 Å². The molecule has 1 aliphatic rings. The van der Waals surface area contributed by atoms with Crippen molar-refractivity contribution in [2.45, 2.75) is 38.0 Å². The van der Waals surface area contributed by atoms with Gasteiger partial charge in [-0.1, -0.05) is 60.5 Å². The van der Waals surface area contributed by atoms with Crippen molar-refractivity contribution < 1.29 is 14.3 Å². The predicted molar refractivity (Wildman–Crippen MR) is 156 cm³/mol. The summed E-state index contributed by atoms with van der Waals surface area (Å²) >= 11 is 6.21. The van der Waals surface area contributed by atoms with E-state index in [4.69, 9.17) is 21.3 Å². The van der Waals surface area contributed by atoms with E-state index in [9.17, 15) is 14.9 Å². The number of nitrogens with one attached hydrogen (secondary N) is 1. The summed E-state index contributed by atoms with van der Waals surface area (Å²) in [6.07, 6.45) is 4.77. The molecule has 4 aromatic rings. The Hall–Kier alpha value is -4.47. The molecule has 40 heavy (non-hydrogen) atoms. The van der Waals surface area contributed by atoms with E-state index in [2.05, 4.69) is 23.5 Å². The first-order valence-electron chi connectivity index (χ1n) is 13.2. The molecule has 6 nitrogen and oxygen atoms in total. The first-order valence-corrected chi connectivity index (χ1v) is 13.6. The molecule has 1 atom stereocenters. The maximum absolute atomic E-state index is 12.8. The van der Waals surface area contributed by atoms with Crippen LogP contribution in [0.3, 0.4) is 0 Å². The van der Waals surface area contributed by atoms with Crippen LogP contribution in [-0.2, 0) is 20.7 Å². The number of pyridine rings is 1. The molecule has 1 unspecified atom stereocenters. The zero-order valence-corrected chi connectivity index (χ0v) is 22.9. The minimum atomic E-state index is -0.331. The number of nitriles is 1. The molecule has 0 saturated carbocycles. The molecule has 0 fully saturated rings. The fourth-order valence-electron chi connectivity index (χ4n) is 5.17. The van der Waals surface area contributed by atoms with E-state index >= 15 is 0 Å². The summed E-state index contributed by atoms with van der Waals surface area (Å²) in [6, 6.07) is 25.4. The number of anilines is 1. The molecule has 7 heteroatoms. The third kappa shape index (κ3) is 6.06. The molecule has 1 N–H and O–H groups in total. The van der Waals surface area contributed by atoms with Gasteiger partial charge < -0.3 is 10.1 Å². The molecule has 1 aromatic heterocycles. The molecule has 1 aliphatic heterocycles. The van der Waals surface area contributed by atoms with Crippen LogP contribution in [0.25, 0.3) is 22.3 Å². The topological polar surface area (TPSA) is 92.1 Å². The van der Waals surface area contributed by atoms with Gasteiger partial charge in [0.1, 0.15) is 0 Å². The van der Waals surface area contributed by atoms with E-state index in [0.717, 1.165) is 58.3 Å². The molecule has 2 bridgehead atoms. The van der Waals surface area contributed by atoms with Crippen LogP contribution in [-0.4, -0.2) is 24.0 Å². The highest BCUT2D eigenvalue weighted by Crippen LogP contribution is 2.36. The van der Waals surface area contributed by atoms with Crippen molar-refractivity contribution in [1.82, 2.24) is 4.98 Å². The van der Waals surface area contributed by atoms with Crippen molar-refractivity contribution in [3.05, 3.63) is 106 Å². The number of ether oxygens (including phenoxy) is 1. The Labute approximate surface area is 238 Å². The number of esters is 1. The summed E-state index contributed by atoms with van der Waals surface area (Å²) in [6.45, 7) is 0. The third-order valence-corrected chi connectivity index (χ3v) is 7.47. The van der Waals surface area contributed by atoms with Gasteiger partial charge in [0.25, 0.3) is 0 Å². The molecule has 200 valence electrons. The van der Waals surface area contributed by atoms with Crippen molar-refractivity contribution in [2.24, 2.45) is 0 Å². The minimum Gasteiger partial charge on any atom is -0.469 e. The summed E-state index contributed by atoms with van der Waals surface area (Å²) in [7, 11) is 1.36. The lowest BCUT2D eigenvalue weighted by Crippen LogP contribution is -2.14. The standard InChI is InChI=1S/C33H28ClN3O3/c1-40-33(39)16-21-9-13-28-23-6-4-5-22(17-23)27(7-2-3-8-32(38)37-31(28)15-21)30-14-11-25(20-36-30)29-18-26(34)12-10-24(29)19-35/h4-6,9-15,17-18,20,27H,2-3,7-8,16H2,1H3,(H,37,38). The fourth-order valence-corrected chi connectivity index (χ4v) is 5.35. The SMILES string of the molecule is COC(=O)Cc1ccc2c(c1)NC(=O)CCCCC(c1ccc(-c3cc(Cl)ccc3C#N)cn1)c1cccc-2c1. The first-order chi connectivity index (χ1) is 19.4. The molecule has 3 aromatic carbocycles. The van der Waals surface area contributed by atoms with Gasteiger partial charge >= 0.3 is 5.97 Å². The van der Waals surface area contributed by atoms with Gasteiger partial charge in [-0.2, -0.15) is 5.26 Å². The van der Waals surface area contributed by atoms with Gasteiger partial charge in [-0.25, -0.2) is 0 Å². The number of benzene rings is 3. The maximum Gasteiger partial charge on any atom is 0.309 e. The average Bonchev–Trinajstić information content (AvgIpc) is 2.97. The lowest BCUT2D eigenvalue weighted by molar-refractivity contribution is -0.139. The van der Waals surface area contributed by atoms with Crippen LogP contribution in [0.4, 0.5) is 5.69 Å². The predicted octanol–water partition coefficient (Wildman–Crippen LogP) is 7.30. The van der Waals surface area contributed by atoms with Crippen molar-refractivity contribution >= 4 is 29.2 Å². The summed E-state index contributed by atoms with van der Waals surface area (Å²) in [5.41, 5.74) is 7.50. The van der Waals surface area contributed by atoms with E-state index in [1.807, 2.05) is 42.5 Å². The van der Waals surface area contributed by atoms with Crippen LogP contribution >= 0.6 is 11.6 Å². The van der Waals surface area contributed by atoms with Gasteiger partial charge in [-0.15, -0.1) is 0 Å². The fraction of sp³-hybridized carbons (Fsp3) is 0.212. The molecular formula is C33H28ClN3O3.